The van der Waals surface area contributed by atoms with Gasteiger partial charge in [-0.15, -0.1) is 11.3 Å². The fourth-order valence-electron chi connectivity index (χ4n) is 2.54. The average molecular weight is 368 g/mol. The van der Waals surface area contributed by atoms with Crippen LogP contribution >= 0.6 is 11.3 Å². The Kier molecular flexibility index (Phi) is 4.45. The third-order valence-corrected chi connectivity index (χ3v) is 4.63. The van der Waals surface area contributed by atoms with E-state index < -0.39 is 0 Å². The molecule has 0 saturated heterocycles. The lowest BCUT2D eigenvalue weighted by atomic mass is 10.1. The molecule has 7 heteroatoms. The van der Waals surface area contributed by atoms with Gasteiger partial charge in [0.1, 0.15) is 5.75 Å². The number of hydrogen-bond acceptors (Lipinski definition) is 6. The first-order valence-electron chi connectivity index (χ1n) is 8.03. The highest BCUT2D eigenvalue weighted by atomic mass is 32.1. The van der Waals surface area contributed by atoms with Crippen LogP contribution < -0.4 is 19.5 Å². The fraction of sp³-hybridized carbons (Fsp3) is 0.158. The van der Waals surface area contributed by atoms with Crippen LogP contribution in [0.1, 0.15) is 5.56 Å². The van der Waals surface area contributed by atoms with Crippen molar-refractivity contribution >= 4 is 22.4 Å². The lowest BCUT2D eigenvalue weighted by molar-refractivity contribution is -0.118. The van der Waals surface area contributed by atoms with Crippen molar-refractivity contribution in [2.24, 2.45) is 0 Å². The number of carbonyl (C=O) groups excluding carboxylic acids is 1. The number of rotatable bonds is 5. The minimum Gasteiger partial charge on any atom is -0.483 e. The second-order valence-corrected chi connectivity index (χ2v) is 6.57. The van der Waals surface area contributed by atoms with Crippen LogP contribution in [0.15, 0.2) is 47.8 Å². The molecule has 6 nitrogen and oxygen atoms in total. The summed E-state index contributed by atoms with van der Waals surface area (Å²) >= 11 is 1.36. The van der Waals surface area contributed by atoms with Crippen LogP contribution in [0.3, 0.4) is 0 Å². The zero-order valence-corrected chi connectivity index (χ0v) is 14.8. The summed E-state index contributed by atoms with van der Waals surface area (Å²) in [7, 11) is 0. The number of anilines is 1. The molecule has 0 unspecified atom stereocenters. The van der Waals surface area contributed by atoms with Gasteiger partial charge in [-0.2, -0.15) is 0 Å². The SMILES string of the molecule is Cc1ccccc1OCC(=O)Nc1nc(-c2ccc3c(c2)OCO3)cs1. The molecule has 1 amide bonds. The van der Waals surface area contributed by atoms with Gasteiger partial charge < -0.3 is 14.2 Å². The van der Waals surface area contributed by atoms with Gasteiger partial charge in [-0.25, -0.2) is 4.98 Å². The molecule has 1 aliphatic heterocycles. The number of benzene rings is 2. The third kappa shape index (κ3) is 3.48. The summed E-state index contributed by atoms with van der Waals surface area (Å²) in [6, 6.07) is 13.2. The molecule has 4 rings (SSSR count). The smallest absolute Gasteiger partial charge is 0.264 e. The number of nitrogens with zero attached hydrogens (tertiary/aromatic N) is 1. The Morgan fingerprint density at radius 3 is 2.96 bits per heavy atom. The molecule has 0 spiro atoms. The average Bonchev–Trinajstić information content (AvgIpc) is 3.29. The zero-order valence-electron chi connectivity index (χ0n) is 14.0. The molecule has 1 aliphatic rings. The predicted molar refractivity (Wildman–Crippen MR) is 99.0 cm³/mol. The Balaban J connectivity index is 1.39. The lowest BCUT2D eigenvalue weighted by Crippen LogP contribution is -2.20. The molecule has 2 aromatic carbocycles. The summed E-state index contributed by atoms with van der Waals surface area (Å²) < 4.78 is 16.2. The van der Waals surface area contributed by atoms with Gasteiger partial charge in [0.15, 0.2) is 23.2 Å². The summed E-state index contributed by atoms with van der Waals surface area (Å²) in [4.78, 5) is 16.5. The predicted octanol–water partition coefficient (Wildman–Crippen LogP) is 3.86. The van der Waals surface area contributed by atoms with Crippen molar-refractivity contribution in [3.63, 3.8) is 0 Å². The van der Waals surface area contributed by atoms with Crippen LogP contribution in [0.5, 0.6) is 17.2 Å². The standard InChI is InChI=1S/C19H16N2O4S/c1-12-4-2-3-5-15(12)23-9-18(22)21-19-20-14(10-26-19)13-6-7-16-17(8-13)25-11-24-16/h2-8,10H,9,11H2,1H3,(H,20,21,22). The van der Waals surface area contributed by atoms with Crippen molar-refractivity contribution in [2.75, 3.05) is 18.7 Å². The largest absolute Gasteiger partial charge is 0.483 e. The van der Waals surface area contributed by atoms with Crippen molar-refractivity contribution in [2.45, 2.75) is 6.92 Å². The lowest BCUT2D eigenvalue weighted by Gasteiger charge is -2.08. The second kappa shape index (κ2) is 7.05. The van der Waals surface area contributed by atoms with E-state index in [4.69, 9.17) is 14.2 Å². The molecule has 26 heavy (non-hydrogen) atoms. The monoisotopic (exact) mass is 368 g/mol. The zero-order chi connectivity index (χ0) is 17.9. The summed E-state index contributed by atoms with van der Waals surface area (Å²) in [5.41, 5.74) is 2.66. The first kappa shape index (κ1) is 16.4. The van der Waals surface area contributed by atoms with E-state index in [1.54, 1.807) is 0 Å². The highest BCUT2D eigenvalue weighted by Crippen LogP contribution is 2.36. The fourth-order valence-corrected chi connectivity index (χ4v) is 3.27. The number of para-hydroxylation sites is 1. The number of aryl methyl sites for hydroxylation is 1. The summed E-state index contributed by atoms with van der Waals surface area (Å²) in [5, 5.41) is 5.17. The summed E-state index contributed by atoms with van der Waals surface area (Å²) in [5.74, 6) is 1.88. The van der Waals surface area contributed by atoms with Gasteiger partial charge in [0.25, 0.3) is 5.91 Å². The maximum Gasteiger partial charge on any atom is 0.264 e. The van der Waals surface area contributed by atoms with Crippen LogP contribution in [0.4, 0.5) is 5.13 Å². The molecule has 0 aliphatic carbocycles. The van der Waals surface area contributed by atoms with Crippen molar-refractivity contribution in [3.05, 3.63) is 53.4 Å². The topological polar surface area (TPSA) is 69.7 Å². The van der Waals surface area contributed by atoms with E-state index >= 15 is 0 Å². The number of thiazole rings is 1. The molecule has 1 aromatic heterocycles. The maximum absolute atomic E-state index is 12.1. The Bertz CT molecular complexity index is 954. The van der Waals surface area contributed by atoms with E-state index in [1.807, 2.05) is 54.8 Å². The van der Waals surface area contributed by atoms with E-state index in [2.05, 4.69) is 10.3 Å². The van der Waals surface area contributed by atoms with Gasteiger partial charge >= 0.3 is 0 Å². The molecular formula is C19H16N2O4S. The van der Waals surface area contributed by atoms with E-state index in [9.17, 15) is 4.79 Å². The molecule has 132 valence electrons. The van der Waals surface area contributed by atoms with Gasteiger partial charge in [-0.1, -0.05) is 18.2 Å². The van der Waals surface area contributed by atoms with E-state index in [-0.39, 0.29) is 19.3 Å². The molecule has 3 aromatic rings. The van der Waals surface area contributed by atoms with Crippen molar-refractivity contribution in [1.82, 2.24) is 4.98 Å². The van der Waals surface area contributed by atoms with Crippen LogP contribution in [0.25, 0.3) is 11.3 Å². The summed E-state index contributed by atoms with van der Waals surface area (Å²) in [6.07, 6.45) is 0. The first-order valence-corrected chi connectivity index (χ1v) is 8.91. The Morgan fingerprint density at radius 1 is 1.23 bits per heavy atom. The molecular weight excluding hydrogens is 352 g/mol. The molecule has 1 N–H and O–H groups in total. The Morgan fingerprint density at radius 2 is 2.08 bits per heavy atom. The highest BCUT2D eigenvalue weighted by molar-refractivity contribution is 7.14. The molecule has 0 atom stereocenters. The van der Waals surface area contributed by atoms with Gasteiger partial charge in [-0.3, -0.25) is 10.1 Å². The normalized spacial score (nSPS) is 12.0. The third-order valence-electron chi connectivity index (χ3n) is 3.87. The minimum absolute atomic E-state index is 0.0657. The number of hydrogen-bond donors (Lipinski definition) is 1. The quantitative estimate of drug-likeness (QED) is 0.740. The van der Waals surface area contributed by atoms with Gasteiger partial charge in [-0.05, 0) is 36.8 Å². The summed E-state index contributed by atoms with van der Waals surface area (Å²) in [6.45, 7) is 2.10. The van der Waals surface area contributed by atoms with Gasteiger partial charge in [0.05, 0.1) is 5.69 Å². The highest BCUT2D eigenvalue weighted by Gasteiger charge is 2.15. The van der Waals surface area contributed by atoms with Crippen LogP contribution in [0.2, 0.25) is 0 Å². The molecule has 0 saturated carbocycles. The van der Waals surface area contributed by atoms with Crippen LogP contribution in [-0.2, 0) is 4.79 Å². The number of fused-ring (bicyclic) bond motifs is 1. The van der Waals surface area contributed by atoms with Gasteiger partial charge in [0.2, 0.25) is 6.79 Å². The van der Waals surface area contributed by atoms with Crippen molar-refractivity contribution in [1.29, 1.82) is 0 Å². The van der Waals surface area contributed by atoms with E-state index in [0.717, 1.165) is 22.6 Å². The molecule has 0 fully saturated rings. The Labute approximate surface area is 154 Å². The second-order valence-electron chi connectivity index (χ2n) is 5.71. The van der Waals surface area contributed by atoms with Crippen LogP contribution in [-0.4, -0.2) is 24.3 Å². The van der Waals surface area contributed by atoms with Gasteiger partial charge in [0, 0.05) is 10.9 Å². The Hall–Kier alpha value is -3.06. The molecule has 0 bridgehead atoms. The number of ether oxygens (including phenoxy) is 3. The van der Waals surface area contributed by atoms with Crippen LogP contribution in [0, 0.1) is 6.92 Å². The number of aromatic nitrogens is 1. The van der Waals surface area contributed by atoms with Crippen molar-refractivity contribution in [3.8, 4) is 28.5 Å². The molecule has 2 heterocycles. The number of nitrogens with one attached hydrogen (secondary N) is 1. The number of carbonyl (C=O) groups is 1. The minimum atomic E-state index is -0.250. The maximum atomic E-state index is 12.1. The van der Waals surface area contributed by atoms with Crippen molar-refractivity contribution < 1.29 is 19.0 Å². The number of amides is 1. The first-order chi connectivity index (χ1) is 12.7. The molecule has 0 radical (unpaired) electrons. The van der Waals surface area contributed by atoms with E-state index in [0.29, 0.717) is 16.6 Å². The van der Waals surface area contributed by atoms with E-state index in [1.165, 1.54) is 11.3 Å².